The topological polar surface area (TPSA) is 32.8 Å². The lowest BCUT2D eigenvalue weighted by atomic mass is 10.1. The van der Waals surface area contributed by atoms with Crippen LogP contribution in [-0.2, 0) is 13.0 Å². The molecule has 0 bridgehead atoms. The average Bonchev–Trinajstić information content (AvgIpc) is 3.27. The predicted molar refractivity (Wildman–Crippen MR) is 110 cm³/mol. The maximum Gasteiger partial charge on any atom is 0.254 e. The van der Waals surface area contributed by atoms with Gasteiger partial charge in [0.1, 0.15) is 6.10 Å². The number of hydrogen-bond donors (Lipinski definition) is 0. The summed E-state index contributed by atoms with van der Waals surface area (Å²) < 4.78 is 6.26. The molecule has 2 aliphatic rings. The number of thiophene rings is 1. The second-order valence-corrected chi connectivity index (χ2v) is 9.15. The Labute approximate surface area is 169 Å². The molecule has 0 aliphatic carbocycles. The van der Waals surface area contributed by atoms with Crippen molar-refractivity contribution < 1.29 is 9.53 Å². The van der Waals surface area contributed by atoms with Gasteiger partial charge in [0.05, 0.1) is 0 Å². The monoisotopic (exact) mass is 404 g/mol. The Morgan fingerprint density at radius 3 is 2.89 bits per heavy atom. The van der Waals surface area contributed by atoms with Crippen molar-refractivity contribution in [1.29, 1.82) is 0 Å². The summed E-state index contributed by atoms with van der Waals surface area (Å²) in [5.74, 6) is 0.0418. The number of fused-ring (bicyclic) bond motifs is 1. The van der Waals surface area contributed by atoms with Crippen LogP contribution in [0.2, 0.25) is 5.02 Å². The zero-order valence-electron chi connectivity index (χ0n) is 15.8. The van der Waals surface area contributed by atoms with Crippen molar-refractivity contribution in [2.24, 2.45) is 0 Å². The van der Waals surface area contributed by atoms with Gasteiger partial charge in [0.25, 0.3) is 5.91 Å². The van der Waals surface area contributed by atoms with E-state index in [1.54, 1.807) is 23.5 Å². The van der Waals surface area contributed by atoms with E-state index in [2.05, 4.69) is 24.8 Å². The van der Waals surface area contributed by atoms with Crippen LogP contribution in [0.15, 0.2) is 30.3 Å². The van der Waals surface area contributed by atoms with Gasteiger partial charge in [-0.1, -0.05) is 17.7 Å². The Hall–Kier alpha value is -1.56. The van der Waals surface area contributed by atoms with Gasteiger partial charge in [-0.05, 0) is 56.5 Å². The molecule has 1 atom stereocenters. The van der Waals surface area contributed by atoms with E-state index < -0.39 is 0 Å². The first-order chi connectivity index (χ1) is 13.0. The van der Waals surface area contributed by atoms with Crippen molar-refractivity contribution in [2.75, 3.05) is 19.6 Å². The number of likely N-dealkylation sites (tertiary alicyclic amines) is 1. The number of rotatable bonds is 4. The number of amides is 1. The lowest BCUT2D eigenvalue weighted by Crippen LogP contribution is -2.35. The number of halogens is 1. The van der Waals surface area contributed by atoms with E-state index in [1.807, 2.05) is 17.0 Å². The van der Waals surface area contributed by atoms with Crippen molar-refractivity contribution in [3.8, 4) is 5.06 Å². The first-order valence-electron chi connectivity index (χ1n) is 9.56. The van der Waals surface area contributed by atoms with Crippen molar-refractivity contribution in [3.63, 3.8) is 0 Å². The minimum absolute atomic E-state index is 0.0418. The van der Waals surface area contributed by atoms with Crippen LogP contribution in [0.1, 0.15) is 41.1 Å². The number of nitrogens with zero attached hydrogens (tertiary/aromatic N) is 2. The van der Waals surface area contributed by atoms with Gasteiger partial charge in [-0.15, -0.1) is 11.3 Å². The second kappa shape index (κ2) is 7.82. The summed E-state index contributed by atoms with van der Waals surface area (Å²) in [5.41, 5.74) is 1.87. The van der Waals surface area contributed by atoms with Gasteiger partial charge < -0.3 is 9.64 Å². The van der Waals surface area contributed by atoms with Crippen LogP contribution >= 0.6 is 22.9 Å². The largest absolute Gasteiger partial charge is 0.479 e. The zero-order valence-corrected chi connectivity index (χ0v) is 17.4. The third-order valence-electron chi connectivity index (χ3n) is 5.39. The van der Waals surface area contributed by atoms with Crippen LogP contribution < -0.4 is 4.74 Å². The number of carbonyl (C=O) groups excluding carboxylic acids is 1. The van der Waals surface area contributed by atoms with Gasteiger partial charge in [-0.25, -0.2) is 0 Å². The van der Waals surface area contributed by atoms with Crippen LogP contribution in [0.3, 0.4) is 0 Å². The van der Waals surface area contributed by atoms with Gasteiger partial charge in [-0.2, -0.15) is 0 Å². The summed E-state index contributed by atoms with van der Waals surface area (Å²) in [5, 5.41) is 1.59. The Morgan fingerprint density at radius 1 is 1.30 bits per heavy atom. The molecule has 0 spiro atoms. The smallest absolute Gasteiger partial charge is 0.254 e. The van der Waals surface area contributed by atoms with Crippen LogP contribution in [0.25, 0.3) is 0 Å². The third kappa shape index (κ3) is 4.15. The molecule has 1 fully saturated rings. The number of ether oxygens (including phenoxy) is 1. The summed E-state index contributed by atoms with van der Waals surface area (Å²) in [6.07, 6.45) is 2.25. The quantitative estimate of drug-likeness (QED) is 0.754. The highest BCUT2D eigenvalue weighted by atomic mass is 35.5. The van der Waals surface area contributed by atoms with E-state index in [1.165, 1.54) is 10.4 Å². The van der Waals surface area contributed by atoms with E-state index in [-0.39, 0.29) is 12.0 Å². The van der Waals surface area contributed by atoms with E-state index >= 15 is 0 Å². The lowest BCUT2D eigenvalue weighted by Gasteiger charge is -2.27. The highest BCUT2D eigenvalue weighted by Gasteiger charge is 2.28. The maximum atomic E-state index is 12.8. The standard InChI is InChI=1S/C21H25ClN2O2S/c1-14(2)23-8-6-18(13-23)26-20-11-16-12-24(9-7-19(16)27-20)21(25)15-4-3-5-17(22)10-15/h3-5,10-11,14,18H,6-9,12-13H2,1-2H3. The molecule has 2 aliphatic heterocycles. The fraction of sp³-hybridized carbons (Fsp3) is 0.476. The molecule has 1 amide bonds. The summed E-state index contributed by atoms with van der Waals surface area (Å²) >= 11 is 7.78. The lowest BCUT2D eigenvalue weighted by molar-refractivity contribution is 0.0735. The summed E-state index contributed by atoms with van der Waals surface area (Å²) in [6, 6.07) is 9.88. The van der Waals surface area contributed by atoms with Crippen molar-refractivity contribution in [3.05, 3.63) is 51.4 Å². The Morgan fingerprint density at radius 2 is 2.15 bits per heavy atom. The van der Waals surface area contributed by atoms with Gasteiger partial charge in [0, 0.05) is 47.7 Å². The first kappa shape index (κ1) is 18.8. The molecule has 27 heavy (non-hydrogen) atoms. The Balaban J connectivity index is 1.41. The normalized spacial score (nSPS) is 20.1. The fourth-order valence-electron chi connectivity index (χ4n) is 3.82. The molecule has 144 valence electrons. The molecule has 4 nitrogen and oxygen atoms in total. The van der Waals surface area contributed by atoms with E-state index in [9.17, 15) is 4.79 Å². The molecule has 0 N–H and O–H groups in total. The SMILES string of the molecule is CC(C)N1CCC(Oc2cc3c(s2)CCN(C(=O)c2cccc(Cl)c2)C3)C1. The second-order valence-electron chi connectivity index (χ2n) is 7.62. The van der Waals surface area contributed by atoms with Crippen molar-refractivity contribution in [2.45, 2.75) is 45.4 Å². The highest BCUT2D eigenvalue weighted by Crippen LogP contribution is 2.35. The molecule has 3 heterocycles. The molecule has 2 aromatic rings. The molecule has 0 radical (unpaired) electrons. The molecular formula is C21H25ClN2O2S. The van der Waals surface area contributed by atoms with Gasteiger partial charge in [0.15, 0.2) is 5.06 Å². The molecule has 1 unspecified atom stereocenters. The molecule has 1 aromatic heterocycles. The molecular weight excluding hydrogens is 380 g/mol. The fourth-order valence-corrected chi connectivity index (χ4v) is 5.09. The van der Waals surface area contributed by atoms with Gasteiger partial charge in [-0.3, -0.25) is 9.69 Å². The van der Waals surface area contributed by atoms with E-state index in [4.69, 9.17) is 16.3 Å². The van der Waals surface area contributed by atoms with E-state index in [0.29, 0.717) is 23.2 Å². The first-order valence-corrected chi connectivity index (χ1v) is 10.8. The average molecular weight is 405 g/mol. The third-order valence-corrected chi connectivity index (χ3v) is 6.76. The Bertz CT molecular complexity index is 835. The van der Waals surface area contributed by atoms with Gasteiger partial charge in [0.2, 0.25) is 0 Å². The van der Waals surface area contributed by atoms with Gasteiger partial charge >= 0.3 is 0 Å². The molecule has 6 heteroatoms. The van der Waals surface area contributed by atoms with Crippen LogP contribution in [-0.4, -0.2) is 47.5 Å². The summed E-state index contributed by atoms with van der Waals surface area (Å²) in [6.45, 7) is 7.95. The van der Waals surface area contributed by atoms with Crippen LogP contribution in [0, 0.1) is 0 Å². The summed E-state index contributed by atoms with van der Waals surface area (Å²) in [4.78, 5) is 18.5. The molecule has 0 saturated carbocycles. The van der Waals surface area contributed by atoms with Crippen molar-refractivity contribution in [1.82, 2.24) is 9.80 Å². The highest BCUT2D eigenvalue weighted by molar-refractivity contribution is 7.14. The summed E-state index contributed by atoms with van der Waals surface area (Å²) in [7, 11) is 0. The van der Waals surface area contributed by atoms with Crippen LogP contribution in [0.5, 0.6) is 5.06 Å². The number of hydrogen-bond acceptors (Lipinski definition) is 4. The molecule has 1 saturated heterocycles. The maximum absolute atomic E-state index is 12.8. The molecule has 4 rings (SSSR count). The molecule has 1 aromatic carbocycles. The van der Waals surface area contributed by atoms with E-state index in [0.717, 1.165) is 37.5 Å². The number of benzene rings is 1. The predicted octanol–water partition coefficient (Wildman–Crippen LogP) is 4.46. The van der Waals surface area contributed by atoms with Crippen LogP contribution in [0.4, 0.5) is 0 Å². The minimum Gasteiger partial charge on any atom is -0.479 e. The zero-order chi connectivity index (χ0) is 19.0. The van der Waals surface area contributed by atoms with Crippen molar-refractivity contribution >= 4 is 28.8 Å². The minimum atomic E-state index is 0.0418. The number of carbonyl (C=O) groups is 1. The Kier molecular flexibility index (Phi) is 5.44.